The number of halogens is 2. The van der Waals surface area contributed by atoms with Crippen molar-refractivity contribution in [3.63, 3.8) is 0 Å². The normalized spacial score (nSPS) is 16.0. The Balaban J connectivity index is 2.25. The van der Waals surface area contributed by atoms with E-state index in [0.29, 0.717) is 12.5 Å². The van der Waals surface area contributed by atoms with Gasteiger partial charge in [0.15, 0.2) is 5.78 Å². The lowest BCUT2D eigenvalue weighted by Crippen LogP contribution is -2.01. The summed E-state index contributed by atoms with van der Waals surface area (Å²) in [5.74, 6) is 0.197. The van der Waals surface area contributed by atoms with Crippen molar-refractivity contribution in [1.82, 2.24) is 9.78 Å². The molecule has 3 nitrogen and oxygen atoms in total. The molecule has 0 spiro atoms. The molecule has 0 saturated heterocycles. The fourth-order valence-electron chi connectivity index (χ4n) is 1.53. The SMILES string of the molecule is CC(=O)c1cn(CC2CC2)nc1C(F)F. The monoisotopic (exact) mass is 214 g/mol. The summed E-state index contributed by atoms with van der Waals surface area (Å²) in [5, 5.41) is 3.76. The standard InChI is InChI=1S/C10H12F2N2O/c1-6(15)8-5-14(4-7-2-3-7)13-9(8)10(11)12/h5,7,10H,2-4H2,1H3. The van der Waals surface area contributed by atoms with Gasteiger partial charge in [-0.05, 0) is 25.7 Å². The lowest BCUT2D eigenvalue weighted by molar-refractivity contribution is 0.0997. The van der Waals surface area contributed by atoms with Crippen LogP contribution in [0.15, 0.2) is 6.20 Å². The van der Waals surface area contributed by atoms with Crippen molar-refractivity contribution in [2.24, 2.45) is 5.92 Å². The molecule has 0 radical (unpaired) electrons. The first-order valence-electron chi connectivity index (χ1n) is 4.94. The Morgan fingerprint density at radius 2 is 2.33 bits per heavy atom. The van der Waals surface area contributed by atoms with E-state index in [1.165, 1.54) is 17.8 Å². The van der Waals surface area contributed by atoms with E-state index in [2.05, 4.69) is 5.10 Å². The van der Waals surface area contributed by atoms with E-state index >= 15 is 0 Å². The fraction of sp³-hybridized carbons (Fsp3) is 0.600. The van der Waals surface area contributed by atoms with E-state index in [1.807, 2.05) is 0 Å². The number of carbonyl (C=O) groups is 1. The second-order valence-electron chi connectivity index (χ2n) is 3.95. The Morgan fingerprint density at radius 1 is 1.67 bits per heavy atom. The van der Waals surface area contributed by atoms with Gasteiger partial charge in [-0.3, -0.25) is 9.48 Å². The van der Waals surface area contributed by atoms with Crippen molar-refractivity contribution in [2.75, 3.05) is 0 Å². The summed E-state index contributed by atoms with van der Waals surface area (Å²) in [6.45, 7) is 1.93. The van der Waals surface area contributed by atoms with Gasteiger partial charge in [-0.1, -0.05) is 0 Å². The van der Waals surface area contributed by atoms with E-state index in [0.717, 1.165) is 12.8 Å². The zero-order chi connectivity index (χ0) is 11.0. The molecule has 0 atom stereocenters. The topological polar surface area (TPSA) is 34.9 Å². The Morgan fingerprint density at radius 3 is 2.73 bits per heavy atom. The molecule has 15 heavy (non-hydrogen) atoms. The van der Waals surface area contributed by atoms with E-state index in [-0.39, 0.29) is 17.0 Å². The van der Waals surface area contributed by atoms with Crippen LogP contribution in [0, 0.1) is 5.92 Å². The molecular weight excluding hydrogens is 202 g/mol. The number of nitrogens with zero attached hydrogens (tertiary/aromatic N) is 2. The van der Waals surface area contributed by atoms with Crippen molar-refractivity contribution in [3.05, 3.63) is 17.5 Å². The van der Waals surface area contributed by atoms with Crippen LogP contribution in [0.5, 0.6) is 0 Å². The largest absolute Gasteiger partial charge is 0.294 e. The summed E-state index contributed by atoms with van der Waals surface area (Å²) >= 11 is 0. The zero-order valence-corrected chi connectivity index (χ0v) is 8.41. The number of hydrogen-bond donors (Lipinski definition) is 0. The maximum atomic E-state index is 12.5. The maximum absolute atomic E-state index is 12.5. The molecule has 1 heterocycles. The van der Waals surface area contributed by atoms with Crippen LogP contribution in [0.1, 0.15) is 42.2 Å². The van der Waals surface area contributed by atoms with E-state index in [1.54, 1.807) is 0 Å². The Kier molecular flexibility index (Phi) is 2.54. The van der Waals surface area contributed by atoms with Crippen LogP contribution < -0.4 is 0 Å². The molecule has 0 N–H and O–H groups in total. The minimum absolute atomic E-state index is 0.0469. The summed E-state index contributed by atoms with van der Waals surface area (Å²) in [6, 6.07) is 0. The molecule has 5 heteroatoms. The third-order valence-electron chi connectivity index (χ3n) is 2.52. The van der Waals surface area contributed by atoms with E-state index < -0.39 is 6.43 Å². The predicted octanol–water partition coefficient (Wildman–Crippen LogP) is 2.43. The third-order valence-corrected chi connectivity index (χ3v) is 2.52. The molecule has 1 fully saturated rings. The number of rotatable bonds is 4. The summed E-state index contributed by atoms with van der Waals surface area (Å²) in [5.41, 5.74) is -0.339. The van der Waals surface area contributed by atoms with Crippen LogP contribution in [0.3, 0.4) is 0 Å². The Labute approximate surface area is 86.1 Å². The summed E-state index contributed by atoms with van der Waals surface area (Å²) in [6.07, 6.45) is 1.00. The molecular formula is C10H12F2N2O. The van der Waals surface area contributed by atoms with Crippen LogP contribution in [-0.4, -0.2) is 15.6 Å². The van der Waals surface area contributed by atoms with Crippen LogP contribution in [0.25, 0.3) is 0 Å². The lowest BCUT2D eigenvalue weighted by Gasteiger charge is -1.97. The van der Waals surface area contributed by atoms with E-state index in [9.17, 15) is 13.6 Å². The first-order valence-corrected chi connectivity index (χ1v) is 4.94. The lowest BCUT2D eigenvalue weighted by atomic mass is 10.2. The van der Waals surface area contributed by atoms with Gasteiger partial charge in [0.05, 0.1) is 5.56 Å². The van der Waals surface area contributed by atoms with Crippen molar-refractivity contribution in [1.29, 1.82) is 0 Å². The Bertz CT molecular complexity index is 383. The highest BCUT2D eigenvalue weighted by atomic mass is 19.3. The van der Waals surface area contributed by atoms with Crippen molar-refractivity contribution in [2.45, 2.75) is 32.7 Å². The number of carbonyl (C=O) groups excluding carboxylic acids is 1. The predicted molar refractivity (Wildman–Crippen MR) is 49.9 cm³/mol. The number of aromatic nitrogens is 2. The highest BCUT2D eigenvalue weighted by molar-refractivity contribution is 5.95. The molecule has 0 aliphatic heterocycles. The van der Waals surface area contributed by atoms with Crippen molar-refractivity contribution in [3.8, 4) is 0 Å². The molecule has 0 unspecified atom stereocenters. The highest BCUT2D eigenvalue weighted by Gasteiger charge is 2.25. The molecule has 1 saturated carbocycles. The van der Waals surface area contributed by atoms with Crippen molar-refractivity contribution >= 4 is 5.78 Å². The molecule has 0 amide bonds. The molecule has 0 bridgehead atoms. The zero-order valence-electron chi connectivity index (χ0n) is 8.41. The second-order valence-corrected chi connectivity index (χ2v) is 3.95. The van der Waals surface area contributed by atoms with Gasteiger partial charge in [0, 0.05) is 12.7 Å². The van der Waals surface area contributed by atoms with Crippen LogP contribution >= 0.6 is 0 Å². The molecule has 0 aromatic carbocycles. The Hall–Kier alpha value is -1.26. The highest BCUT2D eigenvalue weighted by Crippen LogP contribution is 2.31. The third kappa shape index (κ3) is 2.22. The van der Waals surface area contributed by atoms with Gasteiger partial charge in [-0.15, -0.1) is 0 Å². The summed E-state index contributed by atoms with van der Waals surface area (Å²) in [4.78, 5) is 11.1. The summed E-state index contributed by atoms with van der Waals surface area (Å²) < 4.78 is 26.5. The minimum atomic E-state index is -2.68. The minimum Gasteiger partial charge on any atom is -0.294 e. The molecule has 1 aromatic heterocycles. The number of ketones is 1. The second kappa shape index (κ2) is 3.72. The van der Waals surface area contributed by atoms with Gasteiger partial charge in [0.2, 0.25) is 0 Å². The van der Waals surface area contributed by atoms with Gasteiger partial charge in [0.25, 0.3) is 6.43 Å². The van der Waals surface area contributed by atoms with Crippen LogP contribution in [0.4, 0.5) is 8.78 Å². The van der Waals surface area contributed by atoms with Gasteiger partial charge in [0.1, 0.15) is 5.69 Å². The van der Waals surface area contributed by atoms with Crippen LogP contribution in [0.2, 0.25) is 0 Å². The van der Waals surface area contributed by atoms with Gasteiger partial charge >= 0.3 is 0 Å². The number of Topliss-reactive ketones (excluding diaryl/α,β-unsaturated/α-hetero) is 1. The molecule has 82 valence electrons. The first kappa shape index (κ1) is 10.3. The first-order chi connectivity index (χ1) is 7.08. The molecule has 2 rings (SSSR count). The van der Waals surface area contributed by atoms with Gasteiger partial charge < -0.3 is 0 Å². The molecule has 1 aliphatic rings. The molecule has 1 aromatic rings. The number of alkyl halides is 2. The summed E-state index contributed by atoms with van der Waals surface area (Å²) in [7, 11) is 0. The quantitative estimate of drug-likeness (QED) is 0.721. The average Bonchev–Trinajstić information content (AvgIpc) is 2.81. The molecule has 1 aliphatic carbocycles. The van der Waals surface area contributed by atoms with Gasteiger partial charge in [-0.25, -0.2) is 8.78 Å². The van der Waals surface area contributed by atoms with Crippen LogP contribution in [-0.2, 0) is 6.54 Å². The van der Waals surface area contributed by atoms with Crippen molar-refractivity contribution < 1.29 is 13.6 Å². The fourth-order valence-corrected chi connectivity index (χ4v) is 1.53. The average molecular weight is 214 g/mol. The maximum Gasteiger partial charge on any atom is 0.282 e. The smallest absolute Gasteiger partial charge is 0.282 e. The number of hydrogen-bond acceptors (Lipinski definition) is 2. The van der Waals surface area contributed by atoms with Gasteiger partial charge in [-0.2, -0.15) is 5.10 Å². The van der Waals surface area contributed by atoms with E-state index in [4.69, 9.17) is 0 Å².